The number of ether oxygens (including phenoxy) is 2. The van der Waals surface area contributed by atoms with Gasteiger partial charge in [-0.2, -0.15) is 0 Å². The molecule has 0 aliphatic heterocycles. The molecule has 0 radical (unpaired) electrons. The van der Waals surface area contributed by atoms with Crippen LogP contribution in [0.5, 0.6) is 0 Å². The zero-order valence-electron chi connectivity index (χ0n) is 16.0. The molecule has 0 amide bonds. The molecule has 0 heterocycles. The van der Waals surface area contributed by atoms with Crippen molar-refractivity contribution in [1.29, 1.82) is 0 Å². The van der Waals surface area contributed by atoms with Gasteiger partial charge < -0.3 is 9.47 Å². The summed E-state index contributed by atoms with van der Waals surface area (Å²) in [4.78, 5) is 43.8. The Morgan fingerprint density at radius 3 is 2.18 bits per heavy atom. The number of carbonyl (C=O) groups is 2. The molecule has 1 aromatic carbocycles. The van der Waals surface area contributed by atoms with E-state index in [4.69, 9.17) is 9.47 Å². The van der Waals surface area contributed by atoms with Gasteiger partial charge in [0.25, 0.3) is 11.4 Å². The van der Waals surface area contributed by atoms with Gasteiger partial charge in [0.1, 0.15) is 6.61 Å². The van der Waals surface area contributed by atoms with Crippen molar-refractivity contribution >= 4 is 23.3 Å². The molecule has 0 saturated heterocycles. The Bertz CT molecular complexity index is 733. The molecule has 0 aromatic heterocycles. The van der Waals surface area contributed by atoms with Gasteiger partial charge in [0, 0.05) is 17.2 Å². The first-order valence-corrected chi connectivity index (χ1v) is 8.99. The number of hydrogen-bond acceptors (Lipinski definition) is 8. The number of carbonyl (C=O) groups excluding carboxylic acids is 2. The van der Waals surface area contributed by atoms with Crippen molar-refractivity contribution in [2.45, 2.75) is 59.0 Å². The molecule has 10 nitrogen and oxygen atoms in total. The second kappa shape index (κ2) is 11.6. The molecule has 0 bridgehead atoms. The summed E-state index contributed by atoms with van der Waals surface area (Å²) in [5, 5.41) is 22.0. The Kier molecular flexibility index (Phi) is 9.55. The van der Waals surface area contributed by atoms with Crippen LogP contribution in [0.4, 0.5) is 11.4 Å². The molecular formula is C18H24N2O8. The molecule has 0 atom stereocenters. The van der Waals surface area contributed by atoms with Crippen LogP contribution >= 0.6 is 0 Å². The number of unbranched alkanes of at least 4 members (excludes halogenated alkanes) is 3. The highest BCUT2D eigenvalue weighted by Gasteiger charge is 2.22. The van der Waals surface area contributed by atoms with Gasteiger partial charge in [-0.3, -0.25) is 29.8 Å². The van der Waals surface area contributed by atoms with Crippen LogP contribution in [0.2, 0.25) is 0 Å². The van der Waals surface area contributed by atoms with E-state index in [1.54, 1.807) is 0 Å². The minimum absolute atomic E-state index is 0.138. The van der Waals surface area contributed by atoms with Crippen LogP contribution in [0.15, 0.2) is 12.1 Å². The van der Waals surface area contributed by atoms with Crippen LogP contribution in [-0.4, -0.2) is 28.4 Å². The van der Waals surface area contributed by atoms with Crippen LogP contribution < -0.4 is 0 Å². The van der Waals surface area contributed by atoms with Gasteiger partial charge in [0.2, 0.25) is 0 Å². The number of hydrogen-bond donors (Lipinski definition) is 0. The van der Waals surface area contributed by atoms with Crippen LogP contribution in [0, 0.1) is 27.2 Å². The van der Waals surface area contributed by atoms with Crippen molar-refractivity contribution in [2.75, 3.05) is 6.61 Å². The van der Waals surface area contributed by atoms with Crippen molar-refractivity contribution in [3.8, 4) is 0 Å². The van der Waals surface area contributed by atoms with Crippen molar-refractivity contribution in [2.24, 2.45) is 0 Å². The summed E-state index contributed by atoms with van der Waals surface area (Å²) in [6.45, 7) is 3.44. The number of nitro benzene ring substituents is 2. The van der Waals surface area contributed by atoms with Gasteiger partial charge in [0.05, 0.1) is 35.4 Å². The van der Waals surface area contributed by atoms with Crippen molar-refractivity contribution in [3.05, 3.63) is 43.5 Å². The molecule has 0 aliphatic carbocycles. The van der Waals surface area contributed by atoms with E-state index in [0.29, 0.717) is 6.61 Å². The van der Waals surface area contributed by atoms with Gasteiger partial charge in [-0.1, -0.05) is 26.2 Å². The van der Waals surface area contributed by atoms with E-state index in [0.717, 1.165) is 37.8 Å². The van der Waals surface area contributed by atoms with Crippen LogP contribution in [-0.2, 0) is 25.7 Å². The van der Waals surface area contributed by atoms with Crippen molar-refractivity contribution in [1.82, 2.24) is 0 Å². The first-order chi connectivity index (χ1) is 13.3. The number of benzene rings is 1. The van der Waals surface area contributed by atoms with E-state index in [2.05, 4.69) is 6.92 Å². The lowest BCUT2D eigenvalue weighted by Crippen LogP contribution is -2.11. The zero-order chi connectivity index (χ0) is 21.1. The molecule has 0 spiro atoms. The lowest BCUT2D eigenvalue weighted by molar-refractivity contribution is -0.394. The molecular weight excluding hydrogens is 372 g/mol. The van der Waals surface area contributed by atoms with Gasteiger partial charge in [-0.25, -0.2) is 0 Å². The molecule has 0 aliphatic rings. The fourth-order valence-corrected chi connectivity index (χ4v) is 2.41. The molecule has 0 saturated carbocycles. The fourth-order valence-electron chi connectivity index (χ4n) is 2.41. The molecule has 28 heavy (non-hydrogen) atoms. The number of esters is 2. The van der Waals surface area contributed by atoms with Crippen LogP contribution in [0.3, 0.4) is 0 Å². The van der Waals surface area contributed by atoms with Crippen LogP contribution in [0.1, 0.15) is 56.6 Å². The summed E-state index contributed by atoms with van der Waals surface area (Å²) < 4.78 is 10.0. The lowest BCUT2D eigenvalue weighted by atomic mass is 10.1. The molecule has 1 rings (SSSR count). The Labute approximate surface area is 162 Å². The SMILES string of the molecule is CCCCCCOC(=O)CCC(=O)OCc1cc([N+](=O)[O-])cc([N+](=O)[O-])c1C. The predicted molar refractivity (Wildman–Crippen MR) is 98.6 cm³/mol. The third kappa shape index (κ3) is 7.68. The van der Waals surface area contributed by atoms with E-state index in [1.807, 2.05) is 0 Å². The van der Waals surface area contributed by atoms with E-state index in [1.165, 1.54) is 6.92 Å². The summed E-state index contributed by atoms with van der Waals surface area (Å²) in [6.07, 6.45) is 3.55. The average Bonchev–Trinajstić information content (AvgIpc) is 2.64. The van der Waals surface area contributed by atoms with Gasteiger partial charge >= 0.3 is 11.9 Å². The Morgan fingerprint density at radius 2 is 1.61 bits per heavy atom. The van der Waals surface area contributed by atoms with Crippen molar-refractivity contribution < 1.29 is 28.9 Å². The van der Waals surface area contributed by atoms with E-state index < -0.39 is 33.2 Å². The minimum atomic E-state index is -0.756. The molecule has 0 fully saturated rings. The Morgan fingerprint density at radius 1 is 0.964 bits per heavy atom. The van der Waals surface area contributed by atoms with Gasteiger partial charge in [-0.15, -0.1) is 0 Å². The summed E-state index contributed by atoms with van der Waals surface area (Å²) in [5.74, 6) is -1.20. The maximum atomic E-state index is 11.8. The highest BCUT2D eigenvalue weighted by molar-refractivity contribution is 5.77. The Hall–Kier alpha value is -3.04. The van der Waals surface area contributed by atoms with Gasteiger partial charge in [-0.05, 0) is 13.3 Å². The second-order valence-corrected chi connectivity index (χ2v) is 6.21. The molecule has 10 heteroatoms. The van der Waals surface area contributed by atoms with Crippen LogP contribution in [0.25, 0.3) is 0 Å². The standard InChI is InChI=1S/C18H24N2O8/c1-3-4-5-6-9-27-17(21)7-8-18(22)28-12-14-10-15(19(23)24)11-16(13(14)2)20(25)26/h10-11H,3-9,12H2,1-2H3. The highest BCUT2D eigenvalue weighted by Crippen LogP contribution is 2.28. The number of nitro groups is 2. The summed E-state index contributed by atoms with van der Waals surface area (Å²) in [5.41, 5.74) is -0.551. The zero-order valence-corrected chi connectivity index (χ0v) is 16.0. The Balaban J connectivity index is 2.53. The topological polar surface area (TPSA) is 139 Å². The molecule has 0 N–H and O–H groups in total. The molecule has 0 unspecified atom stereocenters. The maximum absolute atomic E-state index is 11.8. The van der Waals surface area contributed by atoms with E-state index in [-0.39, 0.29) is 30.6 Å². The number of non-ortho nitro benzene ring substituents is 1. The second-order valence-electron chi connectivity index (χ2n) is 6.21. The first kappa shape index (κ1) is 23.0. The van der Waals surface area contributed by atoms with E-state index in [9.17, 15) is 29.8 Å². The monoisotopic (exact) mass is 396 g/mol. The summed E-state index contributed by atoms with van der Waals surface area (Å²) in [7, 11) is 0. The van der Waals surface area contributed by atoms with Crippen molar-refractivity contribution in [3.63, 3.8) is 0 Å². The summed E-state index contributed by atoms with van der Waals surface area (Å²) >= 11 is 0. The normalized spacial score (nSPS) is 10.4. The first-order valence-electron chi connectivity index (χ1n) is 8.99. The average molecular weight is 396 g/mol. The smallest absolute Gasteiger partial charge is 0.306 e. The third-order valence-electron chi connectivity index (χ3n) is 4.06. The van der Waals surface area contributed by atoms with Gasteiger partial charge in [0.15, 0.2) is 0 Å². The number of rotatable bonds is 12. The third-order valence-corrected chi connectivity index (χ3v) is 4.06. The minimum Gasteiger partial charge on any atom is -0.466 e. The maximum Gasteiger partial charge on any atom is 0.306 e. The molecule has 1 aromatic rings. The van der Waals surface area contributed by atoms with E-state index >= 15 is 0 Å². The fraction of sp³-hybridized carbons (Fsp3) is 0.556. The summed E-state index contributed by atoms with van der Waals surface area (Å²) in [6, 6.07) is 1.98. The predicted octanol–water partition coefficient (Wildman–Crippen LogP) is 3.76. The highest BCUT2D eigenvalue weighted by atomic mass is 16.6. The number of nitrogens with zero attached hydrogens (tertiary/aromatic N) is 2. The quantitative estimate of drug-likeness (QED) is 0.225. The lowest BCUT2D eigenvalue weighted by Gasteiger charge is -2.08. The largest absolute Gasteiger partial charge is 0.466 e. The molecule has 154 valence electrons.